The van der Waals surface area contributed by atoms with E-state index in [0.29, 0.717) is 0 Å². The standard InChI is InChI=1S/C16H23N.2C2H6.2CH4/c1-2-4-7-13(8-5-3-1)15-10-6-9-14-11-17-12-16(14)15;2*1-2;;/h1-2,5,7-8,14-17H,3-4,6,9-12H2;2*1-2H3;2*1H4/b2-1?,8-5-,13-7+;;;;/t14-,15-,16-;;;;/m1..../s1. The van der Waals surface area contributed by atoms with Crippen molar-refractivity contribution in [3.05, 3.63) is 36.0 Å². The fourth-order valence-corrected chi connectivity index (χ4v) is 3.79. The van der Waals surface area contributed by atoms with Gasteiger partial charge in [0.1, 0.15) is 0 Å². The topological polar surface area (TPSA) is 12.0 Å². The molecule has 1 aliphatic heterocycles. The monoisotopic (exact) mass is 321 g/mol. The molecule has 2 aliphatic carbocycles. The third-order valence-corrected chi connectivity index (χ3v) is 4.67. The summed E-state index contributed by atoms with van der Waals surface area (Å²) >= 11 is 0. The summed E-state index contributed by atoms with van der Waals surface area (Å²) < 4.78 is 0. The normalized spacial score (nSPS) is 31.7. The lowest BCUT2D eigenvalue weighted by Gasteiger charge is -2.34. The van der Waals surface area contributed by atoms with Gasteiger partial charge in [-0.15, -0.1) is 0 Å². The molecular formula is C22H43N. The number of hydrogen-bond acceptors (Lipinski definition) is 1. The molecule has 1 saturated carbocycles. The zero-order valence-electron chi connectivity index (χ0n) is 14.6. The van der Waals surface area contributed by atoms with Crippen molar-refractivity contribution in [2.75, 3.05) is 13.1 Å². The lowest BCUT2D eigenvalue weighted by molar-refractivity contribution is 0.231. The van der Waals surface area contributed by atoms with E-state index < -0.39 is 0 Å². The molecule has 0 amide bonds. The average molecular weight is 322 g/mol. The minimum atomic E-state index is 0. The van der Waals surface area contributed by atoms with Crippen LogP contribution in [0.15, 0.2) is 36.0 Å². The van der Waals surface area contributed by atoms with Crippen molar-refractivity contribution in [3.8, 4) is 0 Å². The number of rotatable bonds is 1. The molecule has 3 aliphatic rings. The molecule has 0 unspecified atom stereocenters. The van der Waals surface area contributed by atoms with Crippen molar-refractivity contribution >= 4 is 0 Å². The SMILES string of the molecule is C.C.C1=CC/C=C([C@H]2CCC[C@@H]3CNC[C@H]32)\C=C/C1.CC.CC. The first-order chi connectivity index (χ1) is 10.4. The predicted molar refractivity (Wildman–Crippen MR) is 109 cm³/mol. The molecule has 0 aromatic rings. The van der Waals surface area contributed by atoms with Gasteiger partial charge < -0.3 is 5.32 Å². The van der Waals surface area contributed by atoms with Gasteiger partial charge >= 0.3 is 0 Å². The summed E-state index contributed by atoms with van der Waals surface area (Å²) in [5, 5.41) is 3.60. The molecule has 136 valence electrons. The Labute approximate surface area is 147 Å². The van der Waals surface area contributed by atoms with Gasteiger partial charge in [-0.3, -0.25) is 0 Å². The smallest absolute Gasteiger partial charge is 0.00114 e. The van der Waals surface area contributed by atoms with E-state index in [1.54, 1.807) is 5.57 Å². The third kappa shape index (κ3) is 7.08. The molecule has 0 spiro atoms. The molecule has 23 heavy (non-hydrogen) atoms. The van der Waals surface area contributed by atoms with Crippen molar-refractivity contribution in [1.29, 1.82) is 0 Å². The third-order valence-electron chi connectivity index (χ3n) is 4.67. The number of hydrogen-bond donors (Lipinski definition) is 1. The summed E-state index contributed by atoms with van der Waals surface area (Å²) in [4.78, 5) is 0. The van der Waals surface area contributed by atoms with Gasteiger partial charge in [0, 0.05) is 0 Å². The quantitative estimate of drug-likeness (QED) is 0.525. The largest absolute Gasteiger partial charge is 0.316 e. The highest BCUT2D eigenvalue weighted by molar-refractivity contribution is 5.26. The summed E-state index contributed by atoms with van der Waals surface area (Å²) in [7, 11) is 0. The first-order valence-electron chi connectivity index (χ1n) is 9.17. The summed E-state index contributed by atoms with van der Waals surface area (Å²) in [5.41, 5.74) is 1.62. The molecule has 1 saturated heterocycles. The highest BCUT2D eigenvalue weighted by Crippen LogP contribution is 2.41. The summed E-state index contributed by atoms with van der Waals surface area (Å²) in [6, 6.07) is 0. The molecule has 1 nitrogen and oxygen atoms in total. The molecule has 1 N–H and O–H groups in total. The van der Waals surface area contributed by atoms with Crippen molar-refractivity contribution in [3.63, 3.8) is 0 Å². The van der Waals surface area contributed by atoms with Gasteiger partial charge in [0.15, 0.2) is 0 Å². The molecule has 3 rings (SSSR count). The summed E-state index contributed by atoms with van der Waals surface area (Å²) in [6.07, 6.45) is 18.3. The molecule has 0 bridgehead atoms. The molecule has 0 aromatic heterocycles. The summed E-state index contributed by atoms with van der Waals surface area (Å²) in [5.74, 6) is 2.68. The maximum absolute atomic E-state index is 3.60. The molecule has 1 heteroatoms. The molecular weight excluding hydrogens is 278 g/mol. The predicted octanol–water partition coefficient (Wildman–Crippen LogP) is 6.78. The van der Waals surface area contributed by atoms with Crippen molar-refractivity contribution in [2.24, 2.45) is 17.8 Å². The lowest BCUT2D eigenvalue weighted by atomic mass is 9.70. The number of allylic oxidation sites excluding steroid dienone is 6. The lowest BCUT2D eigenvalue weighted by Crippen LogP contribution is -2.28. The Hall–Kier alpha value is -0.820. The van der Waals surface area contributed by atoms with E-state index in [2.05, 4.69) is 35.7 Å². The Morgan fingerprint density at radius 2 is 1.57 bits per heavy atom. The second-order valence-corrected chi connectivity index (χ2v) is 5.67. The van der Waals surface area contributed by atoms with Crippen LogP contribution < -0.4 is 5.32 Å². The van der Waals surface area contributed by atoms with Crippen LogP contribution in [0.25, 0.3) is 0 Å². The van der Waals surface area contributed by atoms with E-state index in [1.165, 1.54) is 32.4 Å². The number of fused-ring (bicyclic) bond motifs is 1. The fourth-order valence-electron chi connectivity index (χ4n) is 3.79. The van der Waals surface area contributed by atoms with Gasteiger partial charge in [0.05, 0.1) is 0 Å². The van der Waals surface area contributed by atoms with E-state index >= 15 is 0 Å². The molecule has 2 fully saturated rings. The number of nitrogens with one attached hydrogen (secondary N) is 1. The van der Waals surface area contributed by atoms with Gasteiger partial charge in [0.25, 0.3) is 0 Å². The van der Waals surface area contributed by atoms with Crippen LogP contribution >= 0.6 is 0 Å². The van der Waals surface area contributed by atoms with Gasteiger partial charge in [-0.1, -0.05) is 79.3 Å². The molecule has 3 atom stereocenters. The van der Waals surface area contributed by atoms with E-state index in [9.17, 15) is 0 Å². The van der Waals surface area contributed by atoms with E-state index in [0.717, 1.165) is 30.6 Å². The Morgan fingerprint density at radius 1 is 0.870 bits per heavy atom. The van der Waals surface area contributed by atoms with Crippen LogP contribution in [0.5, 0.6) is 0 Å². The van der Waals surface area contributed by atoms with Crippen LogP contribution in [0.3, 0.4) is 0 Å². The molecule has 0 radical (unpaired) electrons. The van der Waals surface area contributed by atoms with Crippen LogP contribution in [0.2, 0.25) is 0 Å². The molecule has 0 aromatic carbocycles. The Morgan fingerprint density at radius 3 is 2.30 bits per heavy atom. The van der Waals surface area contributed by atoms with E-state index in [-0.39, 0.29) is 14.9 Å². The van der Waals surface area contributed by atoms with Gasteiger partial charge in [-0.25, -0.2) is 0 Å². The van der Waals surface area contributed by atoms with Gasteiger partial charge in [0.2, 0.25) is 0 Å². The zero-order chi connectivity index (χ0) is 15.5. The van der Waals surface area contributed by atoms with Crippen LogP contribution in [0, 0.1) is 17.8 Å². The van der Waals surface area contributed by atoms with Crippen LogP contribution in [0.4, 0.5) is 0 Å². The second-order valence-electron chi connectivity index (χ2n) is 5.67. The highest BCUT2D eigenvalue weighted by atomic mass is 14.9. The van der Waals surface area contributed by atoms with Gasteiger partial charge in [-0.05, 0) is 62.1 Å². The Kier molecular flexibility index (Phi) is 15.7. The van der Waals surface area contributed by atoms with Crippen LogP contribution in [-0.4, -0.2) is 13.1 Å². The average Bonchev–Trinajstić information content (AvgIpc) is 3.00. The minimum absolute atomic E-state index is 0. The van der Waals surface area contributed by atoms with Crippen LogP contribution in [-0.2, 0) is 0 Å². The fraction of sp³-hybridized carbons (Fsp3) is 0.727. The van der Waals surface area contributed by atoms with E-state index in [1.807, 2.05) is 27.7 Å². The van der Waals surface area contributed by atoms with E-state index in [4.69, 9.17) is 0 Å². The summed E-state index contributed by atoms with van der Waals surface area (Å²) in [6.45, 7) is 10.5. The van der Waals surface area contributed by atoms with Gasteiger partial charge in [-0.2, -0.15) is 0 Å². The second kappa shape index (κ2) is 14.8. The maximum atomic E-state index is 3.60. The molecule has 1 heterocycles. The first-order valence-corrected chi connectivity index (χ1v) is 9.17. The maximum Gasteiger partial charge on any atom is -0.00114 e. The van der Waals surface area contributed by atoms with Crippen molar-refractivity contribution in [1.82, 2.24) is 5.32 Å². The highest BCUT2D eigenvalue weighted by Gasteiger charge is 2.37. The van der Waals surface area contributed by atoms with Crippen molar-refractivity contribution < 1.29 is 0 Å². The van der Waals surface area contributed by atoms with Crippen LogP contribution in [0.1, 0.15) is 74.7 Å². The first kappa shape index (κ1) is 24.4. The minimum Gasteiger partial charge on any atom is -0.316 e. The Bertz CT molecular complexity index is 351. The Balaban J connectivity index is 0. The zero-order valence-corrected chi connectivity index (χ0v) is 14.6. The van der Waals surface area contributed by atoms with Crippen molar-refractivity contribution in [2.45, 2.75) is 74.7 Å².